The van der Waals surface area contributed by atoms with Crippen LogP contribution in [0.5, 0.6) is 5.75 Å². The molecule has 9 nitrogen and oxygen atoms in total. The number of rotatable bonds is 7. The van der Waals surface area contributed by atoms with Gasteiger partial charge in [-0.3, -0.25) is 9.48 Å². The number of nitrogens with zero attached hydrogens (tertiary/aromatic N) is 5. The van der Waals surface area contributed by atoms with Crippen molar-refractivity contribution in [2.75, 3.05) is 18.4 Å². The van der Waals surface area contributed by atoms with E-state index in [9.17, 15) is 14.3 Å². The van der Waals surface area contributed by atoms with Crippen LogP contribution < -0.4 is 10.1 Å². The van der Waals surface area contributed by atoms with Gasteiger partial charge >= 0.3 is 0 Å². The van der Waals surface area contributed by atoms with Gasteiger partial charge < -0.3 is 20.1 Å². The first kappa shape index (κ1) is 26.8. The van der Waals surface area contributed by atoms with E-state index in [2.05, 4.69) is 20.4 Å². The van der Waals surface area contributed by atoms with Gasteiger partial charge in [0.15, 0.2) is 0 Å². The SMILES string of the molecule is O=C(Cn1ncc2c1CCc1c-2sc2ncnc(Nc3ccc(OCc4cccc(F)c4)c(Cl)c3)c12)N1CC[C@@H](O)C1. The second-order valence-electron chi connectivity index (χ2n) is 10.4. The van der Waals surface area contributed by atoms with Gasteiger partial charge in [-0.2, -0.15) is 5.10 Å². The first-order valence-corrected chi connectivity index (χ1v) is 14.8. The van der Waals surface area contributed by atoms with E-state index in [1.807, 2.05) is 12.3 Å². The summed E-state index contributed by atoms with van der Waals surface area (Å²) in [7, 11) is 0. The lowest BCUT2D eigenvalue weighted by atomic mass is 9.95. The molecule has 1 amide bonds. The lowest BCUT2D eigenvalue weighted by Crippen LogP contribution is -2.33. The van der Waals surface area contributed by atoms with Crippen LogP contribution in [0.4, 0.5) is 15.9 Å². The number of aliphatic hydroxyl groups is 1. The number of thiophene rings is 1. The smallest absolute Gasteiger partial charge is 0.244 e. The van der Waals surface area contributed by atoms with E-state index in [0.29, 0.717) is 41.7 Å². The number of nitrogens with one attached hydrogen (secondary N) is 1. The number of likely N-dealkylation sites (tertiary alicyclic amines) is 1. The minimum absolute atomic E-state index is 0.0269. The summed E-state index contributed by atoms with van der Waals surface area (Å²) in [5, 5.41) is 19.1. The van der Waals surface area contributed by atoms with Gasteiger partial charge in [-0.15, -0.1) is 11.3 Å². The number of aryl methyl sites for hydroxylation is 1. The Morgan fingerprint density at radius 2 is 2.12 bits per heavy atom. The van der Waals surface area contributed by atoms with Crippen LogP contribution in [0.3, 0.4) is 0 Å². The fourth-order valence-electron chi connectivity index (χ4n) is 5.60. The van der Waals surface area contributed by atoms with E-state index in [0.717, 1.165) is 50.4 Å². The quantitative estimate of drug-likeness (QED) is 0.258. The number of fused-ring (bicyclic) bond motifs is 5. The molecule has 1 fully saturated rings. The first-order valence-electron chi connectivity index (χ1n) is 13.6. The van der Waals surface area contributed by atoms with Crippen LogP contribution >= 0.6 is 22.9 Å². The van der Waals surface area contributed by atoms with Gasteiger partial charge in [0.1, 0.15) is 41.7 Å². The molecular weight excluding hydrogens is 579 g/mol. The Bertz CT molecular complexity index is 1820. The van der Waals surface area contributed by atoms with Crippen molar-refractivity contribution in [2.45, 2.75) is 38.5 Å². The maximum absolute atomic E-state index is 13.5. The molecule has 2 aromatic carbocycles. The third-order valence-electron chi connectivity index (χ3n) is 7.67. The minimum Gasteiger partial charge on any atom is -0.487 e. The largest absolute Gasteiger partial charge is 0.487 e. The van der Waals surface area contributed by atoms with Gasteiger partial charge in [-0.25, -0.2) is 14.4 Å². The maximum atomic E-state index is 13.5. The summed E-state index contributed by atoms with van der Waals surface area (Å²) < 4.78 is 21.1. The van der Waals surface area contributed by atoms with Crippen molar-refractivity contribution in [3.05, 3.63) is 82.6 Å². The zero-order chi connectivity index (χ0) is 28.8. The standard InChI is InChI=1S/C30H26ClFN6O3S/c31-23-11-19(4-7-25(23)41-15-17-2-1-3-18(32)10-17)36-29-27-21-5-6-24-22(28(21)42-30(27)34-16-33-29)12-35-38(24)14-26(40)37-9-8-20(39)13-37/h1-4,7,10-12,16,20,39H,5-6,8-9,13-15H2,(H,33,34,36)/t20-/m1/s1. The van der Waals surface area contributed by atoms with E-state index in [1.165, 1.54) is 18.5 Å². The van der Waals surface area contributed by atoms with E-state index in [1.54, 1.807) is 45.2 Å². The molecule has 1 saturated heterocycles. The normalized spacial score (nSPS) is 16.0. The molecule has 0 unspecified atom stereocenters. The highest BCUT2D eigenvalue weighted by molar-refractivity contribution is 7.22. The number of anilines is 2. The van der Waals surface area contributed by atoms with E-state index in [-0.39, 0.29) is 24.9 Å². The highest BCUT2D eigenvalue weighted by atomic mass is 35.5. The zero-order valence-corrected chi connectivity index (χ0v) is 24.0. The van der Waals surface area contributed by atoms with Gasteiger partial charge in [0.05, 0.1) is 22.7 Å². The number of hydrogen-bond acceptors (Lipinski definition) is 8. The number of benzene rings is 2. The maximum Gasteiger partial charge on any atom is 0.244 e. The van der Waals surface area contributed by atoms with Crippen LogP contribution in [-0.2, 0) is 30.8 Å². The topological polar surface area (TPSA) is 105 Å². The van der Waals surface area contributed by atoms with Gasteiger partial charge in [0.2, 0.25) is 5.91 Å². The van der Waals surface area contributed by atoms with Crippen molar-refractivity contribution < 1.29 is 19.0 Å². The molecule has 0 bridgehead atoms. The van der Waals surface area contributed by atoms with Crippen LogP contribution in [0.1, 0.15) is 23.2 Å². The molecule has 2 aliphatic rings. The third kappa shape index (κ3) is 5.08. The molecule has 7 rings (SSSR count). The Hall–Kier alpha value is -4.06. The molecule has 0 radical (unpaired) electrons. The second-order valence-corrected chi connectivity index (χ2v) is 11.9. The fourth-order valence-corrected chi connectivity index (χ4v) is 7.06. The number of aliphatic hydroxyl groups excluding tert-OH is 1. The van der Waals surface area contributed by atoms with Crippen LogP contribution in [0, 0.1) is 5.82 Å². The number of halogens is 2. The molecule has 214 valence electrons. The Labute approximate surface area is 249 Å². The molecular formula is C30H26ClFN6O3S. The molecule has 4 heterocycles. The molecule has 3 aromatic heterocycles. The second kappa shape index (κ2) is 11.0. The van der Waals surface area contributed by atoms with Gasteiger partial charge in [-0.1, -0.05) is 23.7 Å². The number of carbonyl (C=O) groups excluding carboxylic acids is 1. The van der Waals surface area contributed by atoms with Gasteiger partial charge in [0, 0.05) is 34.9 Å². The number of amides is 1. The average Bonchev–Trinajstić information content (AvgIpc) is 3.69. The molecule has 12 heteroatoms. The Kier molecular flexibility index (Phi) is 7.01. The minimum atomic E-state index is -0.445. The highest BCUT2D eigenvalue weighted by Gasteiger charge is 2.29. The Morgan fingerprint density at radius 3 is 2.93 bits per heavy atom. The summed E-state index contributed by atoms with van der Waals surface area (Å²) >= 11 is 8.12. The molecule has 1 atom stereocenters. The lowest BCUT2D eigenvalue weighted by molar-refractivity contribution is -0.131. The van der Waals surface area contributed by atoms with Crippen molar-refractivity contribution in [1.29, 1.82) is 0 Å². The highest BCUT2D eigenvalue weighted by Crippen LogP contribution is 2.45. The predicted octanol–water partition coefficient (Wildman–Crippen LogP) is 5.36. The summed E-state index contributed by atoms with van der Waals surface area (Å²) in [6.07, 6.45) is 5.05. The van der Waals surface area contributed by atoms with E-state index in [4.69, 9.17) is 16.3 Å². The number of β-amino-alcohol motifs (C(OH)–C–C–N with tert-alkyl or cyclic N) is 1. The molecule has 0 spiro atoms. The van der Waals surface area contributed by atoms with Crippen LogP contribution in [0.2, 0.25) is 5.02 Å². The Balaban J connectivity index is 1.12. The summed E-state index contributed by atoms with van der Waals surface area (Å²) in [6, 6.07) is 11.7. The third-order valence-corrected chi connectivity index (χ3v) is 9.14. The van der Waals surface area contributed by atoms with Crippen molar-refractivity contribution >= 4 is 50.6 Å². The average molecular weight is 605 g/mol. The monoisotopic (exact) mass is 604 g/mol. The van der Waals surface area contributed by atoms with E-state index < -0.39 is 6.10 Å². The van der Waals surface area contributed by atoms with Crippen molar-refractivity contribution in [1.82, 2.24) is 24.6 Å². The Morgan fingerprint density at radius 1 is 1.21 bits per heavy atom. The molecule has 2 N–H and O–H groups in total. The first-order chi connectivity index (χ1) is 20.4. The summed E-state index contributed by atoms with van der Waals surface area (Å²) in [6.45, 7) is 1.32. The number of aromatic nitrogens is 4. The van der Waals surface area contributed by atoms with Crippen molar-refractivity contribution in [3.8, 4) is 16.2 Å². The van der Waals surface area contributed by atoms with Crippen LogP contribution in [0.25, 0.3) is 20.7 Å². The van der Waals surface area contributed by atoms with Gasteiger partial charge in [-0.05, 0) is 60.7 Å². The summed E-state index contributed by atoms with van der Waals surface area (Å²) in [5.41, 5.74) is 4.66. The van der Waals surface area contributed by atoms with Gasteiger partial charge in [0.25, 0.3) is 0 Å². The van der Waals surface area contributed by atoms with Crippen LogP contribution in [0.15, 0.2) is 55.0 Å². The van der Waals surface area contributed by atoms with E-state index >= 15 is 0 Å². The fraction of sp³-hybridized carbons (Fsp3) is 0.267. The molecule has 42 heavy (non-hydrogen) atoms. The lowest BCUT2D eigenvalue weighted by Gasteiger charge is -2.18. The molecule has 0 saturated carbocycles. The number of ether oxygens (including phenoxy) is 1. The number of carbonyl (C=O) groups is 1. The molecule has 5 aromatic rings. The molecule has 1 aliphatic heterocycles. The van der Waals surface area contributed by atoms with Crippen LogP contribution in [-0.4, -0.2) is 54.9 Å². The zero-order valence-electron chi connectivity index (χ0n) is 22.4. The predicted molar refractivity (Wildman–Crippen MR) is 159 cm³/mol. The summed E-state index contributed by atoms with van der Waals surface area (Å²) in [4.78, 5) is 25.6. The summed E-state index contributed by atoms with van der Waals surface area (Å²) in [5.74, 6) is 0.838. The molecule has 1 aliphatic carbocycles. The van der Waals surface area contributed by atoms with Crippen molar-refractivity contribution in [3.63, 3.8) is 0 Å². The number of hydrogen-bond donors (Lipinski definition) is 2. The van der Waals surface area contributed by atoms with Crippen molar-refractivity contribution in [2.24, 2.45) is 0 Å².